The molecule has 2 aromatic rings. The Labute approximate surface area is 166 Å². The molecule has 1 amide bonds. The van der Waals surface area contributed by atoms with E-state index in [1.165, 1.54) is 5.56 Å². The second-order valence-electron chi connectivity index (χ2n) is 7.70. The summed E-state index contributed by atoms with van der Waals surface area (Å²) in [7, 11) is 0. The third-order valence-corrected chi connectivity index (χ3v) is 5.49. The zero-order chi connectivity index (χ0) is 20.3. The van der Waals surface area contributed by atoms with Gasteiger partial charge in [0, 0.05) is 12.6 Å². The van der Waals surface area contributed by atoms with Gasteiger partial charge in [0.05, 0.1) is 17.9 Å². The number of piperidine rings is 1. The van der Waals surface area contributed by atoms with Gasteiger partial charge in [-0.1, -0.05) is 29.8 Å². The zero-order valence-corrected chi connectivity index (χ0v) is 17.2. The van der Waals surface area contributed by atoms with Crippen molar-refractivity contribution in [1.82, 2.24) is 14.7 Å². The normalized spacial score (nSPS) is 16.9. The topological polar surface area (TPSA) is 64.4 Å². The molecule has 0 aliphatic carbocycles. The fourth-order valence-corrected chi connectivity index (χ4v) is 3.76. The van der Waals surface area contributed by atoms with Crippen LogP contribution in [0.25, 0.3) is 0 Å². The molecule has 0 spiro atoms. The van der Waals surface area contributed by atoms with Crippen molar-refractivity contribution in [2.24, 2.45) is 0 Å². The molecule has 2 heterocycles. The monoisotopic (exact) mass is 383 g/mol. The lowest BCUT2D eigenvalue weighted by Gasteiger charge is -2.33. The molecule has 6 nitrogen and oxygen atoms in total. The van der Waals surface area contributed by atoms with E-state index >= 15 is 0 Å². The first-order valence-corrected chi connectivity index (χ1v) is 9.93. The van der Waals surface area contributed by atoms with Gasteiger partial charge in [0.1, 0.15) is 5.56 Å². The Kier molecular flexibility index (Phi) is 6.17. The third-order valence-electron chi connectivity index (χ3n) is 5.49. The average Bonchev–Trinajstić information content (AvgIpc) is 2.95. The number of aryl methyl sites for hydroxylation is 2. The Morgan fingerprint density at radius 1 is 1.14 bits per heavy atom. The number of nitrogens with zero attached hydrogens (tertiary/aromatic N) is 3. The molecule has 1 aromatic heterocycles. The first-order valence-electron chi connectivity index (χ1n) is 9.93. The summed E-state index contributed by atoms with van der Waals surface area (Å²) in [5.74, 6) is -0.605. The van der Waals surface area contributed by atoms with Crippen LogP contribution in [-0.4, -0.2) is 45.8 Å². The number of ether oxygens (including phenoxy) is 1. The minimum Gasteiger partial charge on any atom is -0.452 e. The van der Waals surface area contributed by atoms with Crippen LogP contribution in [0, 0.1) is 20.8 Å². The van der Waals surface area contributed by atoms with Crippen molar-refractivity contribution in [3.05, 3.63) is 52.3 Å². The van der Waals surface area contributed by atoms with Gasteiger partial charge < -0.3 is 9.64 Å². The predicted molar refractivity (Wildman–Crippen MR) is 107 cm³/mol. The van der Waals surface area contributed by atoms with Crippen LogP contribution in [0.1, 0.15) is 59.1 Å². The van der Waals surface area contributed by atoms with Crippen molar-refractivity contribution in [3.63, 3.8) is 0 Å². The molecule has 1 aliphatic heterocycles. The number of rotatable bonds is 5. The van der Waals surface area contributed by atoms with Crippen molar-refractivity contribution in [3.8, 4) is 0 Å². The molecule has 0 bridgehead atoms. The summed E-state index contributed by atoms with van der Waals surface area (Å²) in [4.78, 5) is 26.9. The highest BCUT2D eigenvalue weighted by Crippen LogP contribution is 2.18. The molecule has 0 saturated carbocycles. The number of hydrogen-bond donors (Lipinski definition) is 0. The first kappa shape index (κ1) is 20.1. The van der Waals surface area contributed by atoms with Gasteiger partial charge in [-0.25, -0.2) is 4.79 Å². The summed E-state index contributed by atoms with van der Waals surface area (Å²) in [6.07, 6.45) is 3.15. The summed E-state index contributed by atoms with van der Waals surface area (Å²) < 4.78 is 7.16. The predicted octanol–water partition coefficient (Wildman–Crippen LogP) is 3.41. The molecule has 0 N–H and O–H groups in total. The minimum atomic E-state index is -0.483. The van der Waals surface area contributed by atoms with E-state index in [-0.39, 0.29) is 18.6 Å². The second kappa shape index (κ2) is 8.59. The first-order chi connectivity index (χ1) is 13.4. The average molecular weight is 383 g/mol. The maximum atomic E-state index is 12.6. The van der Waals surface area contributed by atoms with Gasteiger partial charge in [0.25, 0.3) is 5.91 Å². The molecule has 3 rings (SSSR count). The Balaban J connectivity index is 1.65. The molecular weight excluding hydrogens is 354 g/mol. The highest BCUT2D eigenvalue weighted by atomic mass is 16.5. The number of aromatic nitrogens is 2. The summed E-state index contributed by atoms with van der Waals surface area (Å²) in [6.45, 7) is 8.86. The van der Waals surface area contributed by atoms with E-state index in [4.69, 9.17) is 4.74 Å². The second-order valence-corrected chi connectivity index (χ2v) is 7.70. The third kappa shape index (κ3) is 4.43. The summed E-state index contributed by atoms with van der Waals surface area (Å²) >= 11 is 0. The molecule has 1 atom stereocenters. The number of hydrogen-bond acceptors (Lipinski definition) is 4. The van der Waals surface area contributed by atoms with Gasteiger partial charge in [0.2, 0.25) is 0 Å². The van der Waals surface area contributed by atoms with E-state index in [9.17, 15) is 9.59 Å². The maximum absolute atomic E-state index is 12.6. The number of amides is 1. The van der Waals surface area contributed by atoms with Crippen molar-refractivity contribution in [1.29, 1.82) is 0 Å². The molecule has 6 heteroatoms. The quantitative estimate of drug-likeness (QED) is 0.742. The molecule has 150 valence electrons. The van der Waals surface area contributed by atoms with Crippen molar-refractivity contribution < 1.29 is 14.3 Å². The fourth-order valence-electron chi connectivity index (χ4n) is 3.76. The number of benzene rings is 1. The lowest BCUT2D eigenvalue weighted by atomic mass is 10.0. The van der Waals surface area contributed by atoms with Crippen LogP contribution in [0.2, 0.25) is 0 Å². The Morgan fingerprint density at radius 3 is 2.54 bits per heavy atom. The lowest BCUT2D eigenvalue weighted by Crippen LogP contribution is -2.44. The number of esters is 1. The lowest BCUT2D eigenvalue weighted by molar-refractivity contribution is -0.137. The zero-order valence-electron chi connectivity index (χ0n) is 17.2. The Morgan fingerprint density at radius 2 is 1.86 bits per heavy atom. The summed E-state index contributed by atoms with van der Waals surface area (Å²) in [6, 6.07) is 8.44. The Hall–Kier alpha value is -2.63. The van der Waals surface area contributed by atoms with E-state index in [2.05, 4.69) is 29.4 Å². The molecule has 0 radical (unpaired) electrons. The number of carbonyl (C=O) groups is 2. The van der Waals surface area contributed by atoms with Gasteiger partial charge in [0.15, 0.2) is 6.61 Å². The molecule has 1 fully saturated rings. The van der Waals surface area contributed by atoms with Crippen LogP contribution in [0.15, 0.2) is 24.3 Å². The number of likely N-dealkylation sites (tertiary alicyclic amines) is 1. The van der Waals surface area contributed by atoms with Crippen molar-refractivity contribution >= 4 is 11.9 Å². The highest BCUT2D eigenvalue weighted by Gasteiger charge is 2.26. The van der Waals surface area contributed by atoms with Crippen LogP contribution < -0.4 is 0 Å². The Bertz CT molecular complexity index is 855. The van der Waals surface area contributed by atoms with E-state index in [0.717, 1.165) is 37.1 Å². The molecule has 1 aliphatic rings. The van der Waals surface area contributed by atoms with Crippen LogP contribution in [0.5, 0.6) is 0 Å². The van der Waals surface area contributed by atoms with Gasteiger partial charge in [-0.15, -0.1) is 0 Å². The maximum Gasteiger partial charge on any atom is 0.342 e. The van der Waals surface area contributed by atoms with E-state index in [0.29, 0.717) is 17.8 Å². The van der Waals surface area contributed by atoms with Crippen LogP contribution in [0.3, 0.4) is 0 Å². The van der Waals surface area contributed by atoms with Crippen LogP contribution in [-0.2, 0) is 16.1 Å². The van der Waals surface area contributed by atoms with E-state index in [1.807, 2.05) is 30.4 Å². The summed E-state index contributed by atoms with van der Waals surface area (Å²) in [5, 5.41) is 4.50. The van der Waals surface area contributed by atoms with Crippen LogP contribution >= 0.6 is 0 Å². The molecule has 1 aromatic carbocycles. The van der Waals surface area contributed by atoms with Crippen LogP contribution in [0.4, 0.5) is 0 Å². The van der Waals surface area contributed by atoms with Crippen molar-refractivity contribution in [2.75, 3.05) is 13.2 Å². The minimum absolute atomic E-state index is 0.122. The van der Waals surface area contributed by atoms with E-state index in [1.54, 1.807) is 6.92 Å². The standard InChI is InChI=1S/C22H29N3O3/c1-15-8-10-19(11-9-15)13-25-18(4)21(17(3)23-25)22(27)28-14-20(26)24-12-6-5-7-16(24)2/h8-11,16H,5-7,12-14H2,1-4H3/t16-/m0/s1. The van der Waals surface area contributed by atoms with Gasteiger partial charge >= 0.3 is 5.97 Å². The molecular formula is C22H29N3O3. The summed E-state index contributed by atoms with van der Waals surface area (Å²) in [5.41, 5.74) is 4.14. The molecule has 28 heavy (non-hydrogen) atoms. The van der Waals surface area contributed by atoms with E-state index < -0.39 is 5.97 Å². The molecule has 1 saturated heterocycles. The smallest absolute Gasteiger partial charge is 0.342 e. The number of carbonyl (C=O) groups excluding carboxylic acids is 2. The fraction of sp³-hybridized carbons (Fsp3) is 0.500. The SMILES string of the molecule is Cc1ccc(Cn2nc(C)c(C(=O)OCC(=O)N3CCCC[C@@H]3C)c2C)cc1. The van der Waals surface area contributed by atoms with Gasteiger partial charge in [-0.05, 0) is 52.5 Å². The largest absolute Gasteiger partial charge is 0.452 e. The van der Waals surface area contributed by atoms with Gasteiger partial charge in [-0.2, -0.15) is 5.10 Å². The molecule has 0 unspecified atom stereocenters. The highest BCUT2D eigenvalue weighted by molar-refractivity contribution is 5.93. The van der Waals surface area contributed by atoms with Crippen molar-refractivity contribution in [2.45, 2.75) is 59.5 Å². The van der Waals surface area contributed by atoms with Gasteiger partial charge in [-0.3, -0.25) is 9.48 Å².